The van der Waals surface area contributed by atoms with Crippen LogP contribution in [0.2, 0.25) is 5.02 Å². The quantitative estimate of drug-likeness (QED) is 0.580. The molecule has 0 aliphatic carbocycles. The second kappa shape index (κ2) is 5.01. The van der Waals surface area contributed by atoms with Gasteiger partial charge >= 0.3 is 15.6 Å². The van der Waals surface area contributed by atoms with Crippen molar-refractivity contribution in [3.05, 3.63) is 27.7 Å². The Balaban J connectivity index is 2.45. The van der Waals surface area contributed by atoms with Crippen LogP contribution in [-0.4, -0.2) is 24.1 Å². The maximum absolute atomic E-state index is 12.2. The van der Waals surface area contributed by atoms with E-state index in [-0.39, 0.29) is 10.4 Å². The van der Waals surface area contributed by atoms with Crippen molar-refractivity contribution in [2.24, 2.45) is 0 Å². The smallest absolute Gasteiger partial charge is 0.354 e. The summed E-state index contributed by atoms with van der Waals surface area (Å²) in [6, 6.07) is 3.85. The molecule has 1 aromatic heterocycles. The molecule has 0 amide bonds. The molecule has 20 heavy (non-hydrogen) atoms. The summed E-state index contributed by atoms with van der Waals surface area (Å²) in [7, 11) is -5.78. The number of benzene rings is 1. The van der Waals surface area contributed by atoms with Gasteiger partial charge in [0.1, 0.15) is 0 Å². The van der Waals surface area contributed by atoms with Gasteiger partial charge in [-0.2, -0.15) is 21.6 Å². The first-order valence-electron chi connectivity index (χ1n) is 4.73. The van der Waals surface area contributed by atoms with E-state index in [0.29, 0.717) is 9.99 Å². The van der Waals surface area contributed by atoms with E-state index in [1.807, 2.05) is 0 Å². The van der Waals surface area contributed by atoms with Crippen molar-refractivity contribution in [2.45, 2.75) is 5.51 Å². The minimum absolute atomic E-state index is 0.273. The van der Waals surface area contributed by atoms with E-state index < -0.39 is 21.5 Å². The van der Waals surface area contributed by atoms with E-state index in [9.17, 15) is 21.6 Å². The third-order valence-corrected chi connectivity index (χ3v) is 4.24. The average Bonchev–Trinajstić information content (AvgIpc) is 2.29. The molecular formula is C9H3BrClF3N2O3S. The Morgan fingerprint density at radius 2 is 1.85 bits per heavy atom. The molecule has 108 valence electrons. The van der Waals surface area contributed by atoms with Crippen molar-refractivity contribution in [1.29, 1.82) is 0 Å². The summed E-state index contributed by atoms with van der Waals surface area (Å²) in [5, 5.41) is 7.37. The first-order valence-corrected chi connectivity index (χ1v) is 7.31. The van der Waals surface area contributed by atoms with Gasteiger partial charge < -0.3 is 4.18 Å². The molecule has 1 aromatic carbocycles. The zero-order valence-corrected chi connectivity index (χ0v) is 12.3. The highest BCUT2D eigenvalue weighted by molar-refractivity contribution is 9.10. The van der Waals surface area contributed by atoms with Crippen LogP contribution >= 0.6 is 27.5 Å². The van der Waals surface area contributed by atoms with Gasteiger partial charge in [0.15, 0.2) is 0 Å². The van der Waals surface area contributed by atoms with Crippen molar-refractivity contribution in [2.75, 3.05) is 0 Å². The Morgan fingerprint density at radius 3 is 2.45 bits per heavy atom. The monoisotopic (exact) mass is 390 g/mol. The van der Waals surface area contributed by atoms with Crippen LogP contribution in [-0.2, 0) is 10.1 Å². The van der Waals surface area contributed by atoms with Gasteiger partial charge in [-0.15, -0.1) is 10.2 Å². The first-order chi connectivity index (χ1) is 9.10. The molecule has 0 aliphatic heterocycles. The fraction of sp³-hybridized carbons (Fsp3) is 0.111. The van der Waals surface area contributed by atoms with Crippen LogP contribution in [0.5, 0.6) is 5.88 Å². The number of rotatable bonds is 2. The average molecular weight is 392 g/mol. The minimum atomic E-state index is -5.78. The summed E-state index contributed by atoms with van der Waals surface area (Å²) in [6.07, 6.45) is 0. The van der Waals surface area contributed by atoms with Crippen LogP contribution in [0.4, 0.5) is 13.2 Å². The molecule has 0 saturated heterocycles. The van der Waals surface area contributed by atoms with Crippen molar-refractivity contribution < 1.29 is 25.8 Å². The lowest BCUT2D eigenvalue weighted by Gasteiger charge is -2.08. The van der Waals surface area contributed by atoms with Gasteiger partial charge in [0.25, 0.3) is 5.88 Å². The standard InChI is InChI=1S/C9H3BrClF3N2O3S/c10-5-3-7-4(1-6(5)11)2-8(16-15-7)19-20(17,18)9(12,13)14/h1-3H. The largest absolute Gasteiger partial charge is 0.534 e. The van der Waals surface area contributed by atoms with E-state index in [4.69, 9.17) is 11.6 Å². The molecule has 0 N–H and O–H groups in total. The Morgan fingerprint density at radius 1 is 1.20 bits per heavy atom. The van der Waals surface area contributed by atoms with E-state index in [1.54, 1.807) is 0 Å². The fourth-order valence-electron chi connectivity index (χ4n) is 1.22. The predicted molar refractivity (Wildman–Crippen MR) is 67.9 cm³/mol. The normalized spacial score (nSPS) is 12.7. The first kappa shape index (κ1) is 15.3. The predicted octanol–water partition coefficient (Wildman–Crippen LogP) is 3.27. The Hall–Kier alpha value is -1.13. The van der Waals surface area contributed by atoms with Gasteiger partial charge in [-0.05, 0) is 28.1 Å². The highest BCUT2D eigenvalue weighted by Crippen LogP contribution is 2.30. The molecule has 0 fully saturated rings. The number of fused-ring (bicyclic) bond motifs is 1. The maximum atomic E-state index is 12.2. The lowest BCUT2D eigenvalue weighted by molar-refractivity contribution is -0.0501. The number of aromatic nitrogens is 2. The molecule has 1 heterocycles. The molecule has 0 bridgehead atoms. The van der Waals surface area contributed by atoms with Gasteiger partial charge in [-0.3, -0.25) is 0 Å². The molecule has 0 saturated carbocycles. The van der Waals surface area contributed by atoms with Crippen LogP contribution in [0.3, 0.4) is 0 Å². The second-order valence-electron chi connectivity index (χ2n) is 3.49. The van der Waals surface area contributed by atoms with Crippen LogP contribution in [0.15, 0.2) is 22.7 Å². The summed E-state index contributed by atoms with van der Waals surface area (Å²) >= 11 is 8.95. The van der Waals surface area contributed by atoms with E-state index in [2.05, 4.69) is 30.3 Å². The molecule has 2 aromatic rings. The highest BCUT2D eigenvalue weighted by atomic mass is 79.9. The molecule has 11 heteroatoms. The van der Waals surface area contributed by atoms with Crippen LogP contribution in [0.1, 0.15) is 0 Å². The van der Waals surface area contributed by atoms with Gasteiger partial charge in [-0.1, -0.05) is 11.6 Å². The van der Waals surface area contributed by atoms with Gasteiger partial charge in [0.2, 0.25) is 0 Å². The van der Waals surface area contributed by atoms with Crippen LogP contribution in [0.25, 0.3) is 10.9 Å². The van der Waals surface area contributed by atoms with Crippen molar-refractivity contribution in [3.8, 4) is 5.88 Å². The van der Waals surface area contributed by atoms with Crippen molar-refractivity contribution >= 4 is 48.6 Å². The maximum Gasteiger partial charge on any atom is 0.534 e. The summed E-state index contributed by atoms with van der Waals surface area (Å²) < 4.78 is 62.5. The number of hydrogen-bond donors (Lipinski definition) is 0. The zero-order chi connectivity index (χ0) is 15.1. The summed E-state index contributed by atoms with van der Waals surface area (Å²) in [6.45, 7) is 0. The Bertz CT molecular complexity index is 782. The lowest BCUT2D eigenvalue weighted by Crippen LogP contribution is -2.28. The molecule has 5 nitrogen and oxygen atoms in total. The second-order valence-corrected chi connectivity index (χ2v) is 6.29. The van der Waals surface area contributed by atoms with Crippen molar-refractivity contribution in [3.63, 3.8) is 0 Å². The molecule has 0 radical (unpaired) electrons. The summed E-state index contributed by atoms with van der Waals surface area (Å²) in [4.78, 5) is 0. The SMILES string of the molecule is O=S(=O)(Oc1cc2cc(Cl)c(Br)cc2nn1)C(F)(F)F. The highest BCUT2D eigenvalue weighted by Gasteiger charge is 2.48. The van der Waals surface area contributed by atoms with Crippen LogP contribution < -0.4 is 4.18 Å². The van der Waals surface area contributed by atoms with E-state index in [1.165, 1.54) is 12.1 Å². The minimum Gasteiger partial charge on any atom is -0.354 e. The third kappa shape index (κ3) is 2.96. The third-order valence-electron chi connectivity index (χ3n) is 2.08. The molecular weight excluding hydrogens is 389 g/mol. The number of nitrogens with zero attached hydrogens (tertiary/aromatic N) is 2. The number of hydrogen-bond acceptors (Lipinski definition) is 5. The Labute approximate surface area is 124 Å². The van der Waals surface area contributed by atoms with E-state index in [0.717, 1.165) is 6.07 Å². The lowest BCUT2D eigenvalue weighted by atomic mass is 10.2. The van der Waals surface area contributed by atoms with Crippen LogP contribution in [0, 0.1) is 0 Å². The molecule has 0 unspecified atom stereocenters. The molecule has 2 rings (SSSR count). The van der Waals surface area contributed by atoms with Crippen molar-refractivity contribution in [1.82, 2.24) is 10.2 Å². The summed E-state index contributed by atoms with van der Waals surface area (Å²) in [5.74, 6) is -0.798. The summed E-state index contributed by atoms with van der Waals surface area (Å²) in [5.41, 5.74) is -5.24. The number of alkyl halides is 3. The topological polar surface area (TPSA) is 69.2 Å². The fourth-order valence-corrected chi connectivity index (χ4v) is 2.12. The Kier molecular flexibility index (Phi) is 3.82. The molecule has 0 aliphatic rings. The number of halogens is 5. The molecule has 0 atom stereocenters. The van der Waals surface area contributed by atoms with Gasteiger partial charge in [0, 0.05) is 15.9 Å². The van der Waals surface area contributed by atoms with Gasteiger partial charge in [-0.25, -0.2) is 0 Å². The van der Waals surface area contributed by atoms with E-state index >= 15 is 0 Å². The van der Waals surface area contributed by atoms with Gasteiger partial charge in [0.05, 0.1) is 10.5 Å². The molecule has 0 spiro atoms. The zero-order valence-electron chi connectivity index (χ0n) is 9.15.